The molecule has 0 saturated carbocycles. The van der Waals surface area contributed by atoms with Crippen LogP contribution in [0.3, 0.4) is 0 Å². The lowest BCUT2D eigenvalue weighted by atomic mass is 9.67. The second-order valence-corrected chi connectivity index (χ2v) is 8.31. The van der Waals surface area contributed by atoms with Gasteiger partial charge in [-0.3, -0.25) is 0 Å². The Kier molecular flexibility index (Phi) is 4.59. The Bertz CT molecular complexity index is 1150. The van der Waals surface area contributed by atoms with E-state index in [9.17, 15) is 10.2 Å². The van der Waals surface area contributed by atoms with Crippen LogP contribution in [0.4, 0.5) is 0 Å². The van der Waals surface area contributed by atoms with E-state index in [1.54, 1.807) is 24.3 Å². The standard InChI is InChI=1S/C29H26O2/c1-3-19-5-15-25-26-16-6-20(4-2)18-28(26)29(27(25)17-19,21-7-11-23(30)12-8-21)22-9-13-24(31)14-10-22/h5-18,30-31H,3-4H2,1-2H3. The summed E-state index contributed by atoms with van der Waals surface area (Å²) in [7, 11) is 0. The summed E-state index contributed by atoms with van der Waals surface area (Å²) < 4.78 is 0. The van der Waals surface area contributed by atoms with Gasteiger partial charge in [0.2, 0.25) is 0 Å². The van der Waals surface area contributed by atoms with E-state index in [0.29, 0.717) is 0 Å². The molecule has 0 heterocycles. The highest BCUT2D eigenvalue weighted by Gasteiger charge is 2.46. The Labute approximate surface area is 183 Å². The maximum Gasteiger partial charge on any atom is 0.115 e. The maximum atomic E-state index is 10.0. The predicted molar refractivity (Wildman–Crippen MR) is 126 cm³/mol. The summed E-state index contributed by atoms with van der Waals surface area (Å²) >= 11 is 0. The molecule has 0 atom stereocenters. The molecule has 0 spiro atoms. The van der Waals surface area contributed by atoms with Crippen LogP contribution >= 0.6 is 0 Å². The van der Waals surface area contributed by atoms with Crippen molar-refractivity contribution in [3.63, 3.8) is 0 Å². The summed E-state index contributed by atoms with van der Waals surface area (Å²) in [6.45, 7) is 4.36. The van der Waals surface area contributed by atoms with Crippen molar-refractivity contribution >= 4 is 0 Å². The van der Waals surface area contributed by atoms with Gasteiger partial charge < -0.3 is 10.2 Å². The van der Waals surface area contributed by atoms with Crippen molar-refractivity contribution in [3.05, 3.63) is 118 Å². The van der Waals surface area contributed by atoms with Gasteiger partial charge in [-0.05, 0) is 81.6 Å². The molecule has 0 aliphatic heterocycles. The molecule has 0 bridgehead atoms. The monoisotopic (exact) mass is 406 g/mol. The Morgan fingerprint density at radius 1 is 0.548 bits per heavy atom. The number of phenolic OH excluding ortho intramolecular Hbond substituents is 2. The van der Waals surface area contributed by atoms with Crippen LogP contribution in [0.5, 0.6) is 11.5 Å². The summed E-state index contributed by atoms with van der Waals surface area (Å²) in [5, 5.41) is 20.0. The minimum Gasteiger partial charge on any atom is -0.508 e. The van der Waals surface area contributed by atoms with Crippen molar-refractivity contribution in [2.75, 3.05) is 0 Å². The lowest BCUT2D eigenvalue weighted by molar-refractivity contribution is 0.475. The summed E-state index contributed by atoms with van der Waals surface area (Å²) in [6, 6.07) is 28.8. The van der Waals surface area contributed by atoms with Crippen molar-refractivity contribution in [3.8, 4) is 22.6 Å². The average Bonchev–Trinajstić information content (AvgIpc) is 3.09. The zero-order chi connectivity index (χ0) is 21.6. The second kappa shape index (κ2) is 7.31. The van der Waals surface area contributed by atoms with Gasteiger partial charge >= 0.3 is 0 Å². The zero-order valence-corrected chi connectivity index (χ0v) is 17.9. The lowest BCUT2D eigenvalue weighted by Crippen LogP contribution is -2.28. The largest absolute Gasteiger partial charge is 0.508 e. The molecule has 2 nitrogen and oxygen atoms in total. The number of aryl methyl sites for hydroxylation is 2. The van der Waals surface area contributed by atoms with Crippen LogP contribution in [-0.2, 0) is 18.3 Å². The third kappa shape index (κ3) is 2.86. The number of phenols is 2. The highest BCUT2D eigenvalue weighted by Crippen LogP contribution is 2.56. The van der Waals surface area contributed by atoms with Gasteiger partial charge in [0, 0.05) is 0 Å². The Morgan fingerprint density at radius 2 is 0.935 bits per heavy atom. The molecule has 31 heavy (non-hydrogen) atoms. The van der Waals surface area contributed by atoms with E-state index in [-0.39, 0.29) is 11.5 Å². The molecular formula is C29H26O2. The number of rotatable bonds is 4. The molecule has 0 saturated heterocycles. The Balaban J connectivity index is 1.95. The second-order valence-electron chi connectivity index (χ2n) is 8.31. The van der Waals surface area contributed by atoms with Crippen LogP contribution in [0.2, 0.25) is 0 Å². The van der Waals surface area contributed by atoms with Gasteiger partial charge in [0.1, 0.15) is 11.5 Å². The Hall–Kier alpha value is -3.52. The molecule has 2 N–H and O–H groups in total. The molecule has 2 heteroatoms. The fourth-order valence-corrected chi connectivity index (χ4v) is 5.07. The SMILES string of the molecule is CCc1ccc2c(c1)C(c1ccc(O)cc1)(c1ccc(O)cc1)c1cc(CC)ccc1-2. The molecule has 0 aromatic heterocycles. The topological polar surface area (TPSA) is 40.5 Å². The summed E-state index contributed by atoms with van der Waals surface area (Å²) in [4.78, 5) is 0. The third-order valence-corrected chi connectivity index (χ3v) is 6.68. The molecule has 4 aromatic carbocycles. The highest BCUT2D eigenvalue weighted by atomic mass is 16.3. The minimum atomic E-state index is -0.511. The van der Waals surface area contributed by atoms with Crippen LogP contribution < -0.4 is 0 Å². The number of aromatic hydroxyl groups is 2. The molecule has 5 rings (SSSR count). The smallest absolute Gasteiger partial charge is 0.115 e. The van der Waals surface area contributed by atoms with E-state index < -0.39 is 5.41 Å². The summed E-state index contributed by atoms with van der Waals surface area (Å²) in [5.41, 5.74) is 9.30. The quantitative estimate of drug-likeness (QED) is 0.354. The molecule has 154 valence electrons. The normalized spacial score (nSPS) is 13.6. The number of hydrogen-bond acceptors (Lipinski definition) is 2. The molecule has 0 radical (unpaired) electrons. The van der Waals surface area contributed by atoms with Crippen LogP contribution in [0.1, 0.15) is 47.2 Å². The maximum absolute atomic E-state index is 10.0. The van der Waals surface area contributed by atoms with Gasteiger partial charge in [0.05, 0.1) is 5.41 Å². The van der Waals surface area contributed by atoms with Crippen LogP contribution in [0, 0.1) is 0 Å². The van der Waals surface area contributed by atoms with Crippen molar-refractivity contribution in [2.24, 2.45) is 0 Å². The van der Waals surface area contributed by atoms with Gasteiger partial charge in [0.15, 0.2) is 0 Å². The van der Waals surface area contributed by atoms with E-state index in [2.05, 4.69) is 50.2 Å². The predicted octanol–water partition coefficient (Wildman–Crippen LogP) is 6.59. The number of fused-ring (bicyclic) bond motifs is 3. The average molecular weight is 407 g/mol. The number of benzene rings is 4. The van der Waals surface area contributed by atoms with Crippen LogP contribution in [-0.4, -0.2) is 10.2 Å². The van der Waals surface area contributed by atoms with Gasteiger partial charge in [-0.15, -0.1) is 0 Å². The van der Waals surface area contributed by atoms with Crippen molar-refractivity contribution in [2.45, 2.75) is 32.1 Å². The first-order chi connectivity index (χ1) is 15.1. The van der Waals surface area contributed by atoms with E-state index in [1.807, 2.05) is 24.3 Å². The zero-order valence-electron chi connectivity index (χ0n) is 17.9. The van der Waals surface area contributed by atoms with Crippen LogP contribution in [0.25, 0.3) is 11.1 Å². The van der Waals surface area contributed by atoms with Crippen LogP contribution in [0.15, 0.2) is 84.9 Å². The molecule has 0 amide bonds. The Morgan fingerprint density at radius 3 is 1.29 bits per heavy atom. The van der Waals surface area contributed by atoms with Gasteiger partial charge in [-0.25, -0.2) is 0 Å². The van der Waals surface area contributed by atoms with Gasteiger partial charge in [0.25, 0.3) is 0 Å². The molecular weight excluding hydrogens is 380 g/mol. The highest BCUT2D eigenvalue weighted by molar-refractivity contribution is 5.86. The van der Waals surface area contributed by atoms with E-state index in [0.717, 1.165) is 24.0 Å². The third-order valence-electron chi connectivity index (χ3n) is 6.68. The summed E-state index contributed by atoms with van der Waals surface area (Å²) in [5.74, 6) is 0.514. The molecule has 1 aliphatic carbocycles. The molecule has 0 unspecified atom stereocenters. The lowest BCUT2D eigenvalue weighted by Gasteiger charge is -2.34. The molecule has 4 aromatic rings. The van der Waals surface area contributed by atoms with Crippen molar-refractivity contribution in [1.29, 1.82) is 0 Å². The first-order valence-electron chi connectivity index (χ1n) is 10.9. The first-order valence-corrected chi connectivity index (χ1v) is 10.9. The van der Waals surface area contributed by atoms with Crippen molar-refractivity contribution < 1.29 is 10.2 Å². The van der Waals surface area contributed by atoms with E-state index in [1.165, 1.54) is 33.4 Å². The first kappa shape index (κ1) is 19.4. The summed E-state index contributed by atoms with van der Waals surface area (Å²) in [6.07, 6.45) is 1.93. The van der Waals surface area contributed by atoms with E-state index in [4.69, 9.17) is 0 Å². The van der Waals surface area contributed by atoms with Gasteiger partial charge in [-0.1, -0.05) is 74.5 Å². The molecule has 0 fully saturated rings. The fraction of sp³-hybridized carbons (Fsp3) is 0.172. The van der Waals surface area contributed by atoms with Gasteiger partial charge in [-0.2, -0.15) is 0 Å². The molecule has 1 aliphatic rings. The fourth-order valence-electron chi connectivity index (χ4n) is 5.07. The van der Waals surface area contributed by atoms with E-state index >= 15 is 0 Å². The number of hydrogen-bond donors (Lipinski definition) is 2. The minimum absolute atomic E-state index is 0.257. The van der Waals surface area contributed by atoms with Crippen molar-refractivity contribution in [1.82, 2.24) is 0 Å².